The number of hydrogen-bond donors (Lipinski definition) is 3. The Bertz CT molecular complexity index is 946. The van der Waals surface area contributed by atoms with Gasteiger partial charge in [-0.05, 0) is 43.2 Å². The molecular formula is C21H20N2O4. The number of amides is 2. The van der Waals surface area contributed by atoms with Crippen molar-refractivity contribution in [1.82, 2.24) is 10.8 Å². The number of hydroxylamine groups is 1. The summed E-state index contributed by atoms with van der Waals surface area (Å²) >= 11 is 0. The highest BCUT2D eigenvalue weighted by Crippen LogP contribution is 2.22. The van der Waals surface area contributed by atoms with E-state index in [4.69, 9.17) is 9.62 Å². The van der Waals surface area contributed by atoms with E-state index in [1.807, 2.05) is 42.5 Å². The second-order valence-electron chi connectivity index (χ2n) is 6.20. The van der Waals surface area contributed by atoms with Crippen molar-refractivity contribution in [3.8, 4) is 11.1 Å². The molecule has 0 saturated carbocycles. The third-order valence-electron chi connectivity index (χ3n) is 4.31. The van der Waals surface area contributed by atoms with Crippen LogP contribution in [-0.2, 0) is 0 Å². The molecule has 27 heavy (non-hydrogen) atoms. The second kappa shape index (κ2) is 7.88. The molecule has 6 nitrogen and oxygen atoms in total. The summed E-state index contributed by atoms with van der Waals surface area (Å²) in [5.41, 5.74) is 4.43. The van der Waals surface area contributed by atoms with E-state index in [1.54, 1.807) is 31.5 Å². The molecule has 0 bridgehead atoms. The first-order valence-corrected chi connectivity index (χ1v) is 8.50. The summed E-state index contributed by atoms with van der Waals surface area (Å²) in [6, 6.07) is 18.3. The molecule has 1 heterocycles. The van der Waals surface area contributed by atoms with Crippen molar-refractivity contribution in [2.75, 3.05) is 0 Å². The van der Waals surface area contributed by atoms with Gasteiger partial charge in [-0.25, -0.2) is 5.48 Å². The van der Waals surface area contributed by atoms with Crippen molar-refractivity contribution in [1.29, 1.82) is 0 Å². The Kier molecular flexibility index (Phi) is 5.38. The third kappa shape index (κ3) is 4.07. The summed E-state index contributed by atoms with van der Waals surface area (Å²) in [7, 11) is 0. The van der Waals surface area contributed by atoms with E-state index in [1.165, 1.54) is 6.07 Å². The van der Waals surface area contributed by atoms with Gasteiger partial charge in [0.2, 0.25) is 0 Å². The molecule has 1 atom stereocenters. The summed E-state index contributed by atoms with van der Waals surface area (Å²) in [6.07, 6.45) is 0. The van der Waals surface area contributed by atoms with Gasteiger partial charge in [-0.2, -0.15) is 0 Å². The molecule has 0 spiro atoms. The quantitative estimate of drug-likeness (QED) is 0.473. The van der Waals surface area contributed by atoms with Crippen LogP contribution < -0.4 is 10.8 Å². The molecule has 3 N–H and O–H groups in total. The standard InChI is InChI=1S/C21H20N2O4/c1-13(19-12-18(14(2)27-19)21(25)23-26)22-20(24)17-10-8-16(9-11-17)15-6-4-3-5-7-15/h3-13,26H,1-2H3,(H,22,24)(H,23,25). The van der Waals surface area contributed by atoms with Crippen molar-refractivity contribution >= 4 is 11.8 Å². The van der Waals surface area contributed by atoms with E-state index in [9.17, 15) is 9.59 Å². The zero-order chi connectivity index (χ0) is 19.4. The van der Waals surface area contributed by atoms with Crippen LogP contribution >= 0.6 is 0 Å². The van der Waals surface area contributed by atoms with Crippen LogP contribution in [0, 0.1) is 6.92 Å². The molecule has 2 aromatic carbocycles. The highest BCUT2D eigenvalue weighted by molar-refractivity contribution is 5.95. The average molecular weight is 364 g/mol. The second-order valence-corrected chi connectivity index (χ2v) is 6.20. The normalized spacial score (nSPS) is 11.7. The van der Waals surface area contributed by atoms with Gasteiger partial charge in [0.15, 0.2) is 0 Å². The number of carbonyl (C=O) groups excluding carboxylic acids is 2. The first-order valence-electron chi connectivity index (χ1n) is 8.50. The van der Waals surface area contributed by atoms with Crippen LogP contribution in [0.1, 0.15) is 45.2 Å². The molecule has 1 unspecified atom stereocenters. The molecule has 0 radical (unpaired) electrons. The smallest absolute Gasteiger partial charge is 0.278 e. The van der Waals surface area contributed by atoms with E-state index < -0.39 is 11.9 Å². The number of carbonyl (C=O) groups is 2. The lowest BCUT2D eigenvalue weighted by molar-refractivity contribution is 0.0704. The third-order valence-corrected chi connectivity index (χ3v) is 4.31. The van der Waals surface area contributed by atoms with Gasteiger partial charge < -0.3 is 9.73 Å². The first kappa shape index (κ1) is 18.4. The van der Waals surface area contributed by atoms with Crippen molar-refractivity contribution in [3.63, 3.8) is 0 Å². The van der Waals surface area contributed by atoms with Crippen LogP contribution in [0.5, 0.6) is 0 Å². The van der Waals surface area contributed by atoms with Crippen molar-refractivity contribution < 1.29 is 19.2 Å². The Morgan fingerprint density at radius 3 is 2.22 bits per heavy atom. The van der Waals surface area contributed by atoms with Gasteiger partial charge in [0.1, 0.15) is 11.5 Å². The lowest BCUT2D eigenvalue weighted by Gasteiger charge is -2.12. The fourth-order valence-corrected chi connectivity index (χ4v) is 2.80. The average Bonchev–Trinajstić information content (AvgIpc) is 3.10. The molecule has 138 valence electrons. The maximum absolute atomic E-state index is 12.5. The maximum Gasteiger partial charge on any atom is 0.278 e. The van der Waals surface area contributed by atoms with Crippen LogP contribution in [0.3, 0.4) is 0 Å². The van der Waals surface area contributed by atoms with Gasteiger partial charge in [0.05, 0.1) is 11.6 Å². The van der Waals surface area contributed by atoms with Crippen LogP contribution in [0.2, 0.25) is 0 Å². The van der Waals surface area contributed by atoms with Gasteiger partial charge in [0, 0.05) is 5.56 Å². The fourth-order valence-electron chi connectivity index (χ4n) is 2.80. The van der Waals surface area contributed by atoms with Crippen molar-refractivity contribution in [2.45, 2.75) is 19.9 Å². The Hall–Kier alpha value is -3.38. The van der Waals surface area contributed by atoms with Crippen LogP contribution in [0.25, 0.3) is 11.1 Å². The van der Waals surface area contributed by atoms with E-state index in [0.717, 1.165) is 11.1 Å². The predicted octanol–water partition coefficient (Wildman–Crippen LogP) is 3.87. The van der Waals surface area contributed by atoms with Gasteiger partial charge >= 0.3 is 0 Å². The molecule has 0 saturated heterocycles. The van der Waals surface area contributed by atoms with Gasteiger partial charge in [-0.15, -0.1) is 0 Å². The zero-order valence-electron chi connectivity index (χ0n) is 15.0. The molecule has 2 amide bonds. The minimum absolute atomic E-state index is 0.223. The monoisotopic (exact) mass is 364 g/mol. The summed E-state index contributed by atoms with van der Waals surface area (Å²) in [5, 5.41) is 11.6. The summed E-state index contributed by atoms with van der Waals surface area (Å²) < 4.78 is 5.53. The fraction of sp³-hybridized carbons (Fsp3) is 0.143. The molecule has 0 fully saturated rings. The van der Waals surface area contributed by atoms with Gasteiger partial charge in [-0.3, -0.25) is 14.8 Å². The SMILES string of the molecule is Cc1oc(C(C)NC(=O)c2ccc(-c3ccccc3)cc2)cc1C(=O)NO. The molecular weight excluding hydrogens is 344 g/mol. The zero-order valence-corrected chi connectivity index (χ0v) is 15.0. The van der Waals surface area contributed by atoms with Gasteiger partial charge in [0.25, 0.3) is 11.8 Å². The molecule has 6 heteroatoms. The summed E-state index contributed by atoms with van der Waals surface area (Å²) in [6.45, 7) is 3.38. The number of hydrogen-bond acceptors (Lipinski definition) is 4. The molecule has 3 aromatic rings. The predicted molar refractivity (Wildman–Crippen MR) is 100 cm³/mol. The number of aryl methyl sites for hydroxylation is 1. The minimum Gasteiger partial charge on any atom is -0.463 e. The summed E-state index contributed by atoms with van der Waals surface area (Å²) in [4.78, 5) is 24.0. The molecule has 3 rings (SSSR count). The molecule has 0 aliphatic carbocycles. The van der Waals surface area contributed by atoms with Crippen molar-refractivity contribution in [2.24, 2.45) is 0 Å². The topological polar surface area (TPSA) is 91.6 Å². The molecule has 0 aliphatic rings. The maximum atomic E-state index is 12.5. The van der Waals surface area contributed by atoms with E-state index in [0.29, 0.717) is 17.1 Å². The first-order chi connectivity index (χ1) is 13.0. The highest BCUT2D eigenvalue weighted by atomic mass is 16.5. The Labute approximate surface area is 156 Å². The van der Waals surface area contributed by atoms with Crippen LogP contribution in [0.15, 0.2) is 65.1 Å². The Balaban J connectivity index is 1.71. The van der Waals surface area contributed by atoms with E-state index in [-0.39, 0.29) is 11.5 Å². The number of rotatable bonds is 5. The largest absolute Gasteiger partial charge is 0.463 e. The van der Waals surface area contributed by atoms with Crippen molar-refractivity contribution in [3.05, 3.63) is 83.3 Å². The number of nitrogens with one attached hydrogen (secondary N) is 2. The van der Waals surface area contributed by atoms with Gasteiger partial charge in [-0.1, -0.05) is 42.5 Å². The van der Waals surface area contributed by atoms with E-state index in [2.05, 4.69) is 5.32 Å². The summed E-state index contributed by atoms with van der Waals surface area (Å²) in [5.74, 6) is -0.105. The minimum atomic E-state index is -0.655. The molecule has 1 aromatic heterocycles. The highest BCUT2D eigenvalue weighted by Gasteiger charge is 2.19. The number of benzene rings is 2. The molecule has 0 aliphatic heterocycles. The Morgan fingerprint density at radius 1 is 0.963 bits per heavy atom. The number of furan rings is 1. The van der Waals surface area contributed by atoms with E-state index >= 15 is 0 Å². The Morgan fingerprint density at radius 2 is 1.59 bits per heavy atom. The lowest BCUT2D eigenvalue weighted by Crippen LogP contribution is -2.26. The van der Waals surface area contributed by atoms with Crippen LogP contribution in [0.4, 0.5) is 0 Å². The van der Waals surface area contributed by atoms with Crippen LogP contribution in [-0.4, -0.2) is 17.0 Å². The lowest BCUT2D eigenvalue weighted by atomic mass is 10.0.